The monoisotopic (exact) mass is 352 g/mol. The molecule has 0 aliphatic heterocycles. The Balaban J connectivity index is 1.59. The molecule has 0 aliphatic carbocycles. The number of benzene rings is 2. The van der Waals surface area contributed by atoms with Gasteiger partial charge < -0.3 is 15.1 Å². The summed E-state index contributed by atoms with van der Waals surface area (Å²) in [5, 5.41) is 6.20. The Morgan fingerprint density at radius 2 is 1.96 bits per heavy atom. The largest absolute Gasteiger partial charge is 0.468 e. The van der Waals surface area contributed by atoms with Gasteiger partial charge in [0.25, 0.3) is 0 Å². The fourth-order valence-corrected chi connectivity index (χ4v) is 2.69. The van der Waals surface area contributed by atoms with E-state index in [4.69, 9.17) is 4.42 Å². The predicted octanol–water partition coefficient (Wildman–Crippen LogP) is 4.45. The lowest BCUT2D eigenvalue weighted by molar-refractivity contribution is -0.115. The minimum Gasteiger partial charge on any atom is -0.468 e. The number of nitrogens with one attached hydrogen (secondary N) is 2. The maximum Gasteiger partial charge on any atom is 0.228 e. The number of halogens is 1. The highest BCUT2D eigenvalue weighted by Gasteiger charge is 2.10. The molecule has 0 spiro atoms. The Kier molecular flexibility index (Phi) is 5.81. The van der Waals surface area contributed by atoms with E-state index in [-0.39, 0.29) is 24.2 Å². The van der Waals surface area contributed by atoms with Crippen molar-refractivity contribution < 1.29 is 13.6 Å². The van der Waals surface area contributed by atoms with Crippen LogP contribution in [0.5, 0.6) is 0 Å². The molecule has 3 aromatic rings. The van der Waals surface area contributed by atoms with Crippen LogP contribution in [0.25, 0.3) is 0 Å². The number of carbonyl (C=O) groups excluding carboxylic acids is 1. The van der Waals surface area contributed by atoms with Crippen LogP contribution in [0.15, 0.2) is 71.3 Å². The van der Waals surface area contributed by atoms with Gasteiger partial charge in [-0.25, -0.2) is 4.39 Å². The van der Waals surface area contributed by atoms with Gasteiger partial charge in [-0.05, 0) is 48.4 Å². The van der Waals surface area contributed by atoms with Crippen LogP contribution in [0.1, 0.15) is 29.9 Å². The molecule has 4 nitrogen and oxygen atoms in total. The maximum atomic E-state index is 13.7. The number of anilines is 1. The quantitative estimate of drug-likeness (QED) is 0.660. The van der Waals surface area contributed by atoms with Gasteiger partial charge in [0.15, 0.2) is 0 Å². The Hall–Kier alpha value is -2.92. The molecule has 1 atom stereocenters. The van der Waals surface area contributed by atoms with Crippen molar-refractivity contribution in [2.75, 3.05) is 5.32 Å². The van der Waals surface area contributed by atoms with Crippen LogP contribution in [-0.2, 0) is 17.8 Å². The van der Waals surface area contributed by atoms with Crippen LogP contribution >= 0.6 is 0 Å². The van der Waals surface area contributed by atoms with Crippen molar-refractivity contribution in [1.82, 2.24) is 5.32 Å². The van der Waals surface area contributed by atoms with Gasteiger partial charge in [0.05, 0.1) is 19.2 Å². The zero-order valence-electron chi connectivity index (χ0n) is 14.5. The SMILES string of the molecule is C[C@H](NCc1ccco1)c1cccc(NC(=O)Cc2ccccc2F)c1. The third-order valence-electron chi connectivity index (χ3n) is 4.14. The average Bonchev–Trinajstić information content (AvgIpc) is 3.15. The van der Waals surface area contributed by atoms with Crippen LogP contribution in [-0.4, -0.2) is 5.91 Å². The summed E-state index contributed by atoms with van der Waals surface area (Å²) in [4.78, 5) is 12.2. The second-order valence-corrected chi connectivity index (χ2v) is 6.12. The van der Waals surface area contributed by atoms with Gasteiger partial charge in [0.1, 0.15) is 11.6 Å². The molecule has 3 rings (SSSR count). The van der Waals surface area contributed by atoms with E-state index in [2.05, 4.69) is 10.6 Å². The first-order valence-corrected chi connectivity index (χ1v) is 8.51. The van der Waals surface area contributed by atoms with Gasteiger partial charge in [-0.2, -0.15) is 0 Å². The van der Waals surface area contributed by atoms with Crippen LogP contribution in [0.4, 0.5) is 10.1 Å². The number of hydrogen-bond acceptors (Lipinski definition) is 3. The van der Waals surface area contributed by atoms with Gasteiger partial charge in [-0.1, -0.05) is 30.3 Å². The first kappa shape index (κ1) is 17.9. The predicted molar refractivity (Wildman–Crippen MR) is 99.1 cm³/mol. The first-order chi connectivity index (χ1) is 12.6. The number of carbonyl (C=O) groups is 1. The summed E-state index contributed by atoms with van der Waals surface area (Å²) < 4.78 is 19.0. The molecule has 0 saturated carbocycles. The lowest BCUT2D eigenvalue weighted by atomic mass is 10.1. The van der Waals surface area contributed by atoms with Crippen LogP contribution < -0.4 is 10.6 Å². The summed E-state index contributed by atoms with van der Waals surface area (Å²) in [7, 11) is 0. The van der Waals surface area contributed by atoms with Gasteiger partial charge in [-0.3, -0.25) is 4.79 Å². The fourth-order valence-electron chi connectivity index (χ4n) is 2.69. The van der Waals surface area contributed by atoms with Crippen LogP contribution in [0, 0.1) is 5.82 Å². The molecular weight excluding hydrogens is 331 g/mol. The van der Waals surface area contributed by atoms with Crippen molar-refractivity contribution in [2.24, 2.45) is 0 Å². The molecule has 2 N–H and O–H groups in total. The van der Waals surface area contributed by atoms with Crippen molar-refractivity contribution >= 4 is 11.6 Å². The zero-order valence-corrected chi connectivity index (χ0v) is 14.5. The second kappa shape index (κ2) is 8.45. The number of rotatable bonds is 7. The highest BCUT2D eigenvalue weighted by molar-refractivity contribution is 5.92. The van der Waals surface area contributed by atoms with Crippen molar-refractivity contribution in [2.45, 2.75) is 25.9 Å². The van der Waals surface area contributed by atoms with E-state index >= 15 is 0 Å². The standard InChI is InChI=1S/C21H21FN2O2/c1-15(23-14-19-9-5-11-26-19)16-7-4-8-18(12-16)24-21(25)13-17-6-2-3-10-20(17)22/h2-12,15,23H,13-14H2,1H3,(H,24,25)/t15-/m0/s1. The summed E-state index contributed by atoms with van der Waals surface area (Å²) >= 11 is 0. The van der Waals surface area contributed by atoms with E-state index in [1.54, 1.807) is 24.5 Å². The van der Waals surface area contributed by atoms with Crippen molar-refractivity contribution in [1.29, 1.82) is 0 Å². The Morgan fingerprint density at radius 3 is 2.73 bits per heavy atom. The molecule has 0 bridgehead atoms. The maximum absolute atomic E-state index is 13.7. The zero-order chi connectivity index (χ0) is 18.4. The molecule has 1 aromatic heterocycles. The van der Waals surface area contributed by atoms with E-state index in [0.717, 1.165) is 11.3 Å². The van der Waals surface area contributed by atoms with E-state index < -0.39 is 0 Å². The van der Waals surface area contributed by atoms with Crippen LogP contribution in [0.2, 0.25) is 0 Å². The molecule has 2 aromatic carbocycles. The topological polar surface area (TPSA) is 54.3 Å². The highest BCUT2D eigenvalue weighted by Crippen LogP contribution is 2.18. The molecule has 0 radical (unpaired) electrons. The first-order valence-electron chi connectivity index (χ1n) is 8.51. The normalized spacial score (nSPS) is 11.9. The number of furan rings is 1. The minimum atomic E-state index is -0.368. The van der Waals surface area contributed by atoms with E-state index in [9.17, 15) is 9.18 Å². The molecule has 0 saturated heterocycles. The lowest BCUT2D eigenvalue weighted by Gasteiger charge is -2.15. The van der Waals surface area contributed by atoms with E-state index in [1.165, 1.54) is 6.07 Å². The fraction of sp³-hybridized carbons (Fsp3) is 0.190. The van der Waals surface area contributed by atoms with E-state index in [1.807, 2.05) is 43.3 Å². The third kappa shape index (κ3) is 4.80. The van der Waals surface area contributed by atoms with Crippen molar-refractivity contribution in [3.05, 3.63) is 89.6 Å². The van der Waals surface area contributed by atoms with Gasteiger partial charge in [0.2, 0.25) is 5.91 Å². The molecule has 0 unspecified atom stereocenters. The Labute approximate surface area is 152 Å². The molecule has 5 heteroatoms. The second-order valence-electron chi connectivity index (χ2n) is 6.12. The van der Waals surface area contributed by atoms with Gasteiger partial charge in [0, 0.05) is 11.7 Å². The molecule has 1 heterocycles. The van der Waals surface area contributed by atoms with E-state index in [0.29, 0.717) is 17.8 Å². The minimum absolute atomic E-state index is 0.00317. The number of hydrogen-bond donors (Lipinski definition) is 2. The lowest BCUT2D eigenvalue weighted by Crippen LogP contribution is -2.19. The third-order valence-corrected chi connectivity index (χ3v) is 4.14. The molecule has 0 fully saturated rings. The summed E-state index contributed by atoms with van der Waals surface area (Å²) in [6.45, 7) is 2.67. The smallest absolute Gasteiger partial charge is 0.228 e. The summed E-state index contributed by atoms with van der Waals surface area (Å²) in [6.07, 6.45) is 1.65. The molecule has 0 aliphatic rings. The molecule has 134 valence electrons. The van der Waals surface area contributed by atoms with Crippen molar-refractivity contribution in [3.63, 3.8) is 0 Å². The molecule has 1 amide bonds. The summed E-state index contributed by atoms with van der Waals surface area (Å²) in [5.74, 6) is 0.252. The van der Waals surface area contributed by atoms with Crippen molar-refractivity contribution in [3.8, 4) is 0 Å². The number of amides is 1. The van der Waals surface area contributed by atoms with Crippen LogP contribution in [0.3, 0.4) is 0 Å². The summed E-state index contributed by atoms with van der Waals surface area (Å²) in [6, 6.07) is 17.8. The molecular formula is C21H21FN2O2. The Bertz CT molecular complexity index is 862. The molecule has 26 heavy (non-hydrogen) atoms. The summed E-state index contributed by atoms with van der Waals surface area (Å²) in [5.41, 5.74) is 2.12. The average molecular weight is 352 g/mol. The Morgan fingerprint density at radius 1 is 1.12 bits per heavy atom. The van der Waals surface area contributed by atoms with Gasteiger partial charge in [-0.15, -0.1) is 0 Å². The van der Waals surface area contributed by atoms with Gasteiger partial charge >= 0.3 is 0 Å². The highest BCUT2D eigenvalue weighted by atomic mass is 19.1.